The molecular weight excluding hydrogens is 843 g/mol. The van der Waals surface area contributed by atoms with Crippen LogP contribution >= 0.6 is 0 Å². The number of hydrogen-bond acceptors (Lipinski definition) is 4. The van der Waals surface area contributed by atoms with Crippen LogP contribution < -0.4 is 5.32 Å². The zero-order valence-corrected chi connectivity index (χ0v) is 37.3. The molecule has 1 aliphatic heterocycles. The second-order valence-electron chi connectivity index (χ2n) is 17.7. The van der Waals surface area contributed by atoms with Crippen molar-refractivity contribution >= 4 is 77.2 Å². The van der Waals surface area contributed by atoms with Gasteiger partial charge in [-0.2, -0.15) is 0 Å². The number of aromatic nitrogens is 2. The normalized spacial score (nSPS) is 13.9. The van der Waals surface area contributed by atoms with Crippen LogP contribution in [-0.2, 0) is 0 Å². The standard InChI is InChI=1S/C63H41N5O/c1-5-18-40(19-6-1)61-64-62(41-20-7-2-8-21-41)66-63(65-61)51-35-34-47(43-33-37-57-53(39-43)49-27-14-16-31-55(49)68(57)45-24-11-4-12-25-45)60-58(51)50-29-17-28-46(59(50)69-60)42-32-36-56-52(38-42)48-26-13-15-30-54(48)67(56)44-22-9-3-10-23-44/h1-39,61H,(H,64,65,66). The van der Waals surface area contributed by atoms with E-state index in [1.165, 1.54) is 27.1 Å². The van der Waals surface area contributed by atoms with Gasteiger partial charge in [0, 0.05) is 65.9 Å². The van der Waals surface area contributed by atoms with Crippen molar-refractivity contribution in [1.29, 1.82) is 0 Å². The molecule has 0 radical (unpaired) electrons. The lowest BCUT2D eigenvalue weighted by Gasteiger charge is -2.24. The molecule has 13 aromatic rings. The Bertz CT molecular complexity index is 4200. The number of para-hydroxylation sites is 5. The highest BCUT2D eigenvalue weighted by molar-refractivity contribution is 6.25. The minimum Gasteiger partial charge on any atom is -0.455 e. The first kappa shape index (κ1) is 39.0. The number of benzene rings is 10. The summed E-state index contributed by atoms with van der Waals surface area (Å²) in [6.07, 6.45) is -0.355. The summed E-state index contributed by atoms with van der Waals surface area (Å²) in [7, 11) is 0. The van der Waals surface area contributed by atoms with Crippen molar-refractivity contribution < 1.29 is 4.42 Å². The first-order chi connectivity index (χ1) is 34.2. The van der Waals surface area contributed by atoms with Gasteiger partial charge >= 0.3 is 0 Å². The Morgan fingerprint density at radius 2 is 0.870 bits per heavy atom. The summed E-state index contributed by atoms with van der Waals surface area (Å²) in [6, 6.07) is 83.8. The van der Waals surface area contributed by atoms with E-state index in [4.69, 9.17) is 14.4 Å². The summed E-state index contributed by atoms with van der Waals surface area (Å²) < 4.78 is 12.1. The molecule has 14 rings (SSSR count). The van der Waals surface area contributed by atoms with Gasteiger partial charge in [0.2, 0.25) is 0 Å². The number of amidine groups is 2. The second kappa shape index (κ2) is 15.7. The summed E-state index contributed by atoms with van der Waals surface area (Å²) in [5.41, 5.74) is 15.6. The lowest BCUT2D eigenvalue weighted by Crippen LogP contribution is -2.33. The zero-order chi connectivity index (χ0) is 45.4. The molecule has 4 heterocycles. The number of aliphatic imine (C=N–C) groups is 2. The van der Waals surface area contributed by atoms with Gasteiger partial charge in [0.05, 0.1) is 22.1 Å². The molecule has 324 valence electrons. The van der Waals surface area contributed by atoms with Crippen molar-refractivity contribution in [3.05, 3.63) is 253 Å². The quantitative estimate of drug-likeness (QED) is 0.173. The number of fused-ring (bicyclic) bond motifs is 9. The molecule has 1 N–H and O–H groups in total. The van der Waals surface area contributed by atoms with Gasteiger partial charge in [-0.05, 0) is 89.5 Å². The maximum Gasteiger partial charge on any atom is 0.160 e. The van der Waals surface area contributed by atoms with Gasteiger partial charge in [-0.25, -0.2) is 9.98 Å². The maximum atomic E-state index is 7.40. The first-order valence-corrected chi connectivity index (χ1v) is 23.4. The van der Waals surface area contributed by atoms with Crippen molar-refractivity contribution in [2.24, 2.45) is 9.98 Å². The molecule has 0 bridgehead atoms. The molecular formula is C63H41N5O. The molecule has 69 heavy (non-hydrogen) atoms. The smallest absolute Gasteiger partial charge is 0.160 e. The molecule has 1 aliphatic rings. The van der Waals surface area contributed by atoms with E-state index in [-0.39, 0.29) is 6.17 Å². The minimum absolute atomic E-state index is 0.355. The summed E-state index contributed by atoms with van der Waals surface area (Å²) >= 11 is 0. The molecule has 0 amide bonds. The lowest BCUT2D eigenvalue weighted by atomic mass is 9.95. The maximum absolute atomic E-state index is 7.40. The SMILES string of the molecule is c1ccc(C2=NC(c3ccc(-c4ccc5c(c4)c4ccccc4n5-c4ccccc4)c4oc5c(-c6ccc7c(c6)c6ccccc6n7-c6ccccc6)cccc5c34)=NC(c3ccccc3)N2)cc1. The summed E-state index contributed by atoms with van der Waals surface area (Å²) in [6.45, 7) is 0. The number of rotatable bonds is 7. The van der Waals surface area contributed by atoms with E-state index in [9.17, 15) is 0 Å². The van der Waals surface area contributed by atoms with Crippen LogP contribution in [0.25, 0.3) is 99.2 Å². The van der Waals surface area contributed by atoms with Gasteiger partial charge in [0.1, 0.15) is 23.2 Å². The average Bonchev–Trinajstić information content (AvgIpc) is 4.09. The van der Waals surface area contributed by atoms with Gasteiger partial charge < -0.3 is 18.9 Å². The predicted octanol–water partition coefficient (Wildman–Crippen LogP) is 15.6. The third kappa shape index (κ3) is 6.26. The lowest BCUT2D eigenvalue weighted by molar-refractivity contribution is 0.670. The Morgan fingerprint density at radius 3 is 1.48 bits per heavy atom. The van der Waals surface area contributed by atoms with Crippen LogP contribution in [-0.4, -0.2) is 20.8 Å². The Morgan fingerprint density at radius 1 is 0.377 bits per heavy atom. The molecule has 0 saturated carbocycles. The minimum atomic E-state index is -0.355. The van der Waals surface area contributed by atoms with Gasteiger partial charge in [-0.3, -0.25) is 0 Å². The van der Waals surface area contributed by atoms with Crippen LogP contribution in [0, 0.1) is 0 Å². The van der Waals surface area contributed by atoms with E-state index >= 15 is 0 Å². The number of nitrogens with one attached hydrogen (secondary N) is 1. The van der Waals surface area contributed by atoms with Gasteiger partial charge in [-0.15, -0.1) is 0 Å². The molecule has 0 spiro atoms. The first-order valence-electron chi connectivity index (χ1n) is 23.4. The molecule has 1 unspecified atom stereocenters. The van der Waals surface area contributed by atoms with E-state index in [0.29, 0.717) is 5.84 Å². The fraction of sp³-hybridized carbons (Fsp3) is 0.0159. The van der Waals surface area contributed by atoms with Crippen LogP contribution in [0.3, 0.4) is 0 Å². The van der Waals surface area contributed by atoms with Crippen molar-refractivity contribution in [1.82, 2.24) is 14.5 Å². The largest absolute Gasteiger partial charge is 0.455 e. The molecule has 0 saturated heterocycles. The van der Waals surface area contributed by atoms with Crippen LogP contribution in [0.1, 0.15) is 22.9 Å². The molecule has 0 fully saturated rings. The fourth-order valence-electron chi connectivity index (χ4n) is 10.7. The van der Waals surface area contributed by atoms with Crippen molar-refractivity contribution in [2.75, 3.05) is 0 Å². The second-order valence-corrected chi connectivity index (χ2v) is 17.7. The Hall–Kier alpha value is -9.26. The van der Waals surface area contributed by atoms with E-state index in [1.807, 2.05) is 24.3 Å². The fourth-order valence-corrected chi connectivity index (χ4v) is 10.7. The van der Waals surface area contributed by atoms with Gasteiger partial charge in [0.15, 0.2) is 5.84 Å². The molecule has 1 atom stereocenters. The molecule has 6 nitrogen and oxygen atoms in total. The van der Waals surface area contributed by atoms with Gasteiger partial charge in [-0.1, -0.05) is 164 Å². The van der Waals surface area contributed by atoms with Crippen molar-refractivity contribution in [3.63, 3.8) is 0 Å². The number of hydrogen-bond donors (Lipinski definition) is 1. The van der Waals surface area contributed by atoms with Crippen molar-refractivity contribution in [2.45, 2.75) is 6.17 Å². The Labute approximate surface area is 397 Å². The average molecular weight is 884 g/mol. The third-order valence-corrected chi connectivity index (χ3v) is 13.8. The monoisotopic (exact) mass is 883 g/mol. The van der Waals surface area contributed by atoms with E-state index < -0.39 is 0 Å². The van der Waals surface area contributed by atoms with E-state index in [0.717, 1.165) is 94.6 Å². The summed E-state index contributed by atoms with van der Waals surface area (Å²) in [5, 5.41) is 10.4. The van der Waals surface area contributed by atoms with Crippen LogP contribution in [0.5, 0.6) is 0 Å². The van der Waals surface area contributed by atoms with Crippen molar-refractivity contribution in [3.8, 4) is 33.6 Å². The van der Waals surface area contributed by atoms with Crippen LogP contribution in [0.15, 0.2) is 251 Å². The Kier molecular flexibility index (Phi) is 8.86. The number of furan rings is 1. The summed E-state index contributed by atoms with van der Waals surface area (Å²) in [4.78, 5) is 10.7. The van der Waals surface area contributed by atoms with Crippen LogP contribution in [0.2, 0.25) is 0 Å². The Balaban J connectivity index is 1.02. The molecule has 10 aromatic carbocycles. The summed E-state index contributed by atoms with van der Waals surface area (Å²) in [5.74, 6) is 1.41. The topological polar surface area (TPSA) is 59.8 Å². The highest BCUT2D eigenvalue weighted by atomic mass is 16.3. The highest BCUT2D eigenvalue weighted by Gasteiger charge is 2.26. The van der Waals surface area contributed by atoms with E-state index in [2.05, 4.69) is 227 Å². The predicted molar refractivity (Wildman–Crippen MR) is 285 cm³/mol. The molecule has 6 heteroatoms. The van der Waals surface area contributed by atoms with Gasteiger partial charge in [0.25, 0.3) is 0 Å². The van der Waals surface area contributed by atoms with Crippen LogP contribution in [0.4, 0.5) is 0 Å². The number of nitrogens with zero attached hydrogens (tertiary/aromatic N) is 4. The molecule has 3 aromatic heterocycles. The molecule has 0 aliphatic carbocycles. The highest BCUT2D eigenvalue weighted by Crippen LogP contribution is 2.45. The van der Waals surface area contributed by atoms with E-state index in [1.54, 1.807) is 0 Å². The third-order valence-electron chi connectivity index (χ3n) is 13.8. The zero-order valence-electron chi connectivity index (χ0n) is 37.3.